The quantitative estimate of drug-likeness (QED) is 0.506. The highest BCUT2D eigenvalue weighted by molar-refractivity contribution is 7.17. The van der Waals surface area contributed by atoms with Crippen molar-refractivity contribution in [3.05, 3.63) is 35.9 Å². The maximum atomic E-state index is 11.9. The zero-order valence-electron chi connectivity index (χ0n) is 13.2. The van der Waals surface area contributed by atoms with Gasteiger partial charge in [-0.2, -0.15) is 0 Å². The van der Waals surface area contributed by atoms with Gasteiger partial charge in [0.15, 0.2) is 0 Å². The minimum absolute atomic E-state index is 0.0124. The Morgan fingerprint density at radius 2 is 1.96 bits per heavy atom. The van der Waals surface area contributed by atoms with E-state index in [-0.39, 0.29) is 13.2 Å². The van der Waals surface area contributed by atoms with Crippen LogP contribution in [-0.4, -0.2) is 44.3 Å². The van der Waals surface area contributed by atoms with E-state index in [4.69, 9.17) is 9.26 Å². The lowest BCUT2D eigenvalue weighted by Gasteiger charge is -2.19. The van der Waals surface area contributed by atoms with E-state index in [1.54, 1.807) is 7.05 Å². The lowest BCUT2D eigenvalue weighted by atomic mass is 10.1. The van der Waals surface area contributed by atoms with E-state index >= 15 is 0 Å². The van der Waals surface area contributed by atoms with Gasteiger partial charge in [-0.15, -0.1) is 4.52 Å². The predicted octanol–water partition coefficient (Wildman–Crippen LogP) is 2.39. The van der Waals surface area contributed by atoms with Crippen LogP contribution >= 0.6 is 8.69 Å². The molecule has 0 bridgehead atoms. The van der Waals surface area contributed by atoms with Crippen molar-refractivity contribution in [3.8, 4) is 0 Å². The molecule has 0 fully saturated rings. The number of hydrogen-bond donors (Lipinski definition) is 0. The summed E-state index contributed by atoms with van der Waals surface area (Å²) in [5.74, 6) is -1.04. The molecule has 0 aliphatic rings. The van der Waals surface area contributed by atoms with Crippen LogP contribution in [-0.2, 0) is 30.0 Å². The summed E-state index contributed by atoms with van der Waals surface area (Å²) in [5.41, 5.74) is 0.895. The van der Waals surface area contributed by atoms with Gasteiger partial charge in [0.25, 0.3) is 0 Å². The first-order valence-corrected chi connectivity index (χ1v) is 7.88. The van der Waals surface area contributed by atoms with Gasteiger partial charge in [-0.25, -0.2) is 4.79 Å². The maximum Gasteiger partial charge on any atom is 0.494 e. The van der Waals surface area contributed by atoms with Crippen LogP contribution in [0, 0.1) is 5.92 Å². The molecule has 0 aliphatic heterocycles. The molecule has 0 radical (unpaired) electrons. The summed E-state index contributed by atoms with van der Waals surface area (Å²) in [6.07, 6.45) is -0.155. The Morgan fingerprint density at radius 3 is 2.57 bits per heavy atom. The smallest absolute Gasteiger partial charge is 0.469 e. The van der Waals surface area contributed by atoms with Crippen molar-refractivity contribution in [2.24, 2.45) is 5.92 Å². The number of methoxy groups -OCH3 is 1. The molecule has 2 atom stereocenters. The third kappa shape index (κ3) is 7.21. The summed E-state index contributed by atoms with van der Waals surface area (Å²) in [4.78, 5) is 24.8. The van der Waals surface area contributed by atoms with Crippen LogP contribution in [0.2, 0.25) is 0 Å². The summed E-state index contributed by atoms with van der Waals surface area (Å²) in [5, 5.41) is 0. The SMILES string of the molecule is COC(=O)C(CCN(C)C(=O)OCc1ccccc1)CO[PH+]=O. The fraction of sp³-hybridized carbons (Fsp3) is 0.467. The Bertz CT molecular complexity index is 510. The topological polar surface area (TPSA) is 82.1 Å². The number of hydrogen-bond acceptors (Lipinski definition) is 6. The van der Waals surface area contributed by atoms with E-state index in [2.05, 4.69) is 4.74 Å². The molecule has 0 saturated heterocycles. The zero-order chi connectivity index (χ0) is 17.1. The summed E-state index contributed by atoms with van der Waals surface area (Å²) in [6.45, 7) is 0.463. The molecular weight excluding hydrogens is 321 g/mol. The average molecular weight is 342 g/mol. The minimum Gasteiger partial charge on any atom is -0.469 e. The highest BCUT2D eigenvalue weighted by atomic mass is 31.1. The van der Waals surface area contributed by atoms with Gasteiger partial charge in [0.05, 0.1) is 13.0 Å². The highest BCUT2D eigenvalue weighted by Gasteiger charge is 2.23. The molecule has 1 amide bonds. The summed E-state index contributed by atoms with van der Waals surface area (Å²) in [6, 6.07) is 9.34. The molecule has 0 heterocycles. The van der Waals surface area contributed by atoms with Gasteiger partial charge < -0.3 is 14.4 Å². The van der Waals surface area contributed by atoms with E-state index in [1.165, 1.54) is 12.0 Å². The van der Waals surface area contributed by atoms with E-state index < -0.39 is 26.7 Å². The average Bonchev–Trinajstić information content (AvgIpc) is 2.59. The third-order valence-electron chi connectivity index (χ3n) is 3.21. The molecule has 126 valence electrons. The lowest BCUT2D eigenvalue weighted by Crippen LogP contribution is -2.32. The Labute approximate surface area is 136 Å². The number of ether oxygens (including phenoxy) is 2. The van der Waals surface area contributed by atoms with Crippen molar-refractivity contribution in [1.82, 2.24) is 4.90 Å². The van der Waals surface area contributed by atoms with Gasteiger partial charge in [0.1, 0.15) is 13.2 Å². The van der Waals surface area contributed by atoms with Crippen molar-refractivity contribution < 1.29 is 28.2 Å². The highest BCUT2D eigenvalue weighted by Crippen LogP contribution is 2.11. The lowest BCUT2D eigenvalue weighted by molar-refractivity contribution is -0.146. The molecule has 1 aromatic carbocycles. The molecule has 1 aromatic rings. The standard InChI is InChI=1S/C15H21NO6P/c1-16(9-8-13(11-22-23-19)14(17)20-2)15(18)21-10-12-6-4-3-5-7-12/h3-7,13,23H,8-11H2,1-2H3/q+1. The second-order valence-electron chi connectivity index (χ2n) is 4.86. The second kappa shape index (κ2) is 10.7. The van der Waals surface area contributed by atoms with Crippen LogP contribution in [0.4, 0.5) is 4.79 Å². The molecule has 0 spiro atoms. The Morgan fingerprint density at radius 1 is 1.26 bits per heavy atom. The second-order valence-corrected chi connectivity index (χ2v) is 5.32. The third-order valence-corrected chi connectivity index (χ3v) is 3.49. The van der Waals surface area contributed by atoms with Crippen LogP contribution in [0.1, 0.15) is 12.0 Å². The fourth-order valence-corrected chi connectivity index (χ4v) is 2.11. The van der Waals surface area contributed by atoms with Gasteiger partial charge in [0, 0.05) is 13.6 Å². The van der Waals surface area contributed by atoms with E-state index in [9.17, 15) is 14.2 Å². The van der Waals surface area contributed by atoms with Gasteiger partial charge >= 0.3 is 20.7 Å². The van der Waals surface area contributed by atoms with Crippen LogP contribution < -0.4 is 0 Å². The number of benzene rings is 1. The Hall–Kier alpha value is -1.98. The van der Waals surface area contributed by atoms with E-state index in [0.29, 0.717) is 13.0 Å². The van der Waals surface area contributed by atoms with Crippen molar-refractivity contribution in [2.45, 2.75) is 13.0 Å². The fourth-order valence-electron chi connectivity index (χ4n) is 1.84. The first-order chi connectivity index (χ1) is 11.1. The van der Waals surface area contributed by atoms with E-state index in [1.807, 2.05) is 30.3 Å². The predicted molar refractivity (Wildman–Crippen MR) is 84.3 cm³/mol. The van der Waals surface area contributed by atoms with Crippen molar-refractivity contribution >= 4 is 20.7 Å². The van der Waals surface area contributed by atoms with Gasteiger partial charge in [0.2, 0.25) is 0 Å². The van der Waals surface area contributed by atoms with Crippen molar-refractivity contribution in [1.29, 1.82) is 0 Å². The van der Waals surface area contributed by atoms with Gasteiger partial charge in [-0.1, -0.05) is 30.3 Å². The Balaban J connectivity index is 2.40. The number of carbonyl (C=O) groups excluding carboxylic acids is 2. The molecule has 8 heteroatoms. The largest absolute Gasteiger partial charge is 0.494 e. The molecule has 7 nitrogen and oxygen atoms in total. The maximum absolute atomic E-state index is 11.9. The van der Waals surface area contributed by atoms with E-state index in [0.717, 1.165) is 5.56 Å². The minimum atomic E-state index is -0.940. The van der Waals surface area contributed by atoms with Crippen molar-refractivity contribution in [2.75, 3.05) is 27.3 Å². The number of amides is 1. The van der Waals surface area contributed by atoms with Crippen LogP contribution in [0.3, 0.4) is 0 Å². The number of nitrogens with zero attached hydrogens (tertiary/aromatic N) is 1. The number of rotatable bonds is 9. The van der Waals surface area contributed by atoms with Crippen LogP contribution in [0.15, 0.2) is 30.3 Å². The van der Waals surface area contributed by atoms with Gasteiger partial charge in [-0.3, -0.25) is 4.79 Å². The molecule has 23 heavy (non-hydrogen) atoms. The molecular formula is C15H21NO6P+. The molecule has 0 saturated carbocycles. The monoisotopic (exact) mass is 342 g/mol. The van der Waals surface area contributed by atoms with Crippen LogP contribution in [0.25, 0.3) is 0 Å². The van der Waals surface area contributed by atoms with Gasteiger partial charge in [-0.05, 0) is 16.5 Å². The molecule has 1 rings (SSSR count). The van der Waals surface area contributed by atoms with Crippen molar-refractivity contribution in [3.63, 3.8) is 0 Å². The number of carbonyl (C=O) groups is 2. The van der Waals surface area contributed by atoms with Crippen LogP contribution in [0.5, 0.6) is 0 Å². The molecule has 0 N–H and O–H groups in total. The summed E-state index contributed by atoms with van der Waals surface area (Å²) < 4.78 is 25.0. The first-order valence-electron chi connectivity index (χ1n) is 7.07. The zero-order valence-corrected chi connectivity index (χ0v) is 14.2. The number of esters is 1. The Kier molecular flexibility index (Phi) is 8.87. The molecule has 2 unspecified atom stereocenters. The molecule has 0 aromatic heterocycles. The summed E-state index contributed by atoms with van der Waals surface area (Å²) in [7, 11) is 1.91. The summed E-state index contributed by atoms with van der Waals surface area (Å²) >= 11 is 0. The molecule has 0 aliphatic carbocycles. The first kappa shape index (κ1) is 19.1. The normalized spacial score (nSPS) is 11.7.